The van der Waals surface area contributed by atoms with Crippen molar-refractivity contribution in [1.29, 1.82) is 0 Å². The summed E-state index contributed by atoms with van der Waals surface area (Å²) in [6, 6.07) is 7.77. The molecule has 0 aliphatic carbocycles. The van der Waals surface area contributed by atoms with E-state index in [9.17, 15) is 4.79 Å². The van der Waals surface area contributed by atoms with Crippen LogP contribution in [0.15, 0.2) is 41.2 Å². The minimum absolute atomic E-state index is 0.154. The van der Waals surface area contributed by atoms with Crippen molar-refractivity contribution in [3.63, 3.8) is 0 Å². The Morgan fingerprint density at radius 1 is 1.29 bits per heavy atom. The molecule has 28 heavy (non-hydrogen) atoms. The number of carbonyl (C=O) groups excluding carboxylic acids is 1. The van der Waals surface area contributed by atoms with E-state index in [0.717, 1.165) is 42.5 Å². The van der Waals surface area contributed by atoms with Gasteiger partial charge in [-0.1, -0.05) is 0 Å². The summed E-state index contributed by atoms with van der Waals surface area (Å²) in [5, 5.41) is 4.88. The summed E-state index contributed by atoms with van der Waals surface area (Å²) in [6.07, 6.45) is 6.50. The quantitative estimate of drug-likeness (QED) is 0.652. The number of ether oxygens (including phenoxy) is 1. The third kappa shape index (κ3) is 4.13. The van der Waals surface area contributed by atoms with Crippen LogP contribution in [0.25, 0.3) is 10.9 Å². The predicted molar refractivity (Wildman–Crippen MR) is 104 cm³/mol. The largest absolute Gasteiger partial charge is 0.476 e. The predicted octanol–water partition coefficient (Wildman–Crippen LogP) is 3.36. The van der Waals surface area contributed by atoms with E-state index >= 15 is 0 Å². The second-order valence-electron chi connectivity index (χ2n) is 7.02. The highest BCUT2D eigenvalue weighted by Crippen LogP contribution is 2.28. The molecule has 0 atom stereocenters. The van der Waals surface area contributed by atoms with Crippen LogP contribution in [0.5, 0.6) is 5.88 Å². The van der Waals surface area contributed by atoms with Crippen molar-refractivity contribution in [2.45, 2.75) is 38.5 Å². The molecule has 1 fully saturated rings. The topological polar surface area (TPSA) is 81.4 Å². The van der Waals surface area contributed by atoms with Crippen molar-refractivity contribution in [2.24, 2.45) is 0 Å². The van der Waals surface area contributed by atoms with E-state index in [1.54, 1.807) is 12.3 Å². The lowest BCUT2D eigenvalue weighted by molar-refractivity contribution is -0.132. The zero-order valence-corrected chi connectivity index (χ0v) is 16.0. The molecule has 3 aromatic rings. The number of fused-ring (bicyclic) bond motifs is 1. The van der Waals surface area contributed by atoms with Crippen LogP contribution in [0, 0.1) is 0 Å². The summed E-state index contributed by atoms with van der Waals surface area (Å²) >= 11 is 0. The molecule has 0 unspecified atom stereocenters. The summed E-state index contributed by atoms with van der Waals surface area (Å²) in [5.74, 6) is 1.68. The van der Waals surface area contributed by atoms with E-state index < -0.39 is 0 Å². The number of aryl methyl sites for hydroxylation is 1. The van der Waals surface area contributed by atoms with Crippen molar-refractivity contribution in [3.05, 3.63) is 48.1 Å². The standard InChI is InChI=1S/C21H24N4O3/c1-2-27-20-12-17(28-24-20)5-6-21(26)25-10-7-15(8-11-25)18-13-19-16(14-23-18)4-3-9-22-19/h3-4,9,12-15H,2,5-8,10-11H2,1H3. The third-order valence-corrected chi connectivity index (χ3v) is 5.19. The Morgan fingerprint density at radius 3 is 2.96 bits per heavy atom. The third-order valence-electron chi connectivity index (χ3n) is 5.19. The number of amides is 1. The maximum absolute atomic E-state index is 12.5. The number of aromatic nitrogens is 3. The number of nitrogens with zero attached hydrogens (tertiary/aromatic N) is 4. The zero-order valence-electron chi connectivity index (χ0n) is 16.0. The van der Waals surface area contributed by atoms with E-state index in [4.69, 9.17) is 9.26 Å². The monoisotopic (exact) mass is 380 g/mol. The molecule has 7 heteroatoms. The van der Waals surface area contributed by atoms with Crippen LogP contribution in [0.2, 0.25) is 0 Å². The fourth-order valence-electron chi connectivity index (χ4n) is 3.65. The van der Waals surface area contributed by atoms with Crippen molar-refractivity contribution in [3.8, 4) is 5.88 Å². The molecule has 0 radical (unpaired) electrons. The van der Waals surface area contributed by atoms with Crippen molar-refractivity contribution < 1.29 is 14.1 Å². The van der Waals surface area contributed by atoms with Gasteiger partial charge in [-0.3, -0.25) is 14.8 Å². The number of likely N-dealkylation sites (tertiary alicyclic amines) is 1. The molecule has 0 bridgehead atoms. The number of hydrogen-bond acceptors (Lipinski definition) is 6. The zero-order chi connectivity index (χ0) is 19.3. The van der Waals surface area contributed by atoms with Gasteiger partial charge in [0.1, 0.15) is 5.76 Å². The number of rotatable bonds is 6. The van der Waals surface area contributed by atoms with Gasteiger partial charge in [-0.15, -0.1) is 0 Å². The first-order valence-corrected chi connectivity index (χ1v) is 9.80. The van der Waals surface area contributed by atoms with Crippen molar-refractivity contribution >= 4 is 16.8 Å². The molecule has 1 aliphatic rings. The van der Waals surface area contributed by atoms with Gasteiger partial charge in [0, 0.05) is 61.4 Å². The maximum atomic E-state index is 12.5. The average Bonchev–Trinajstić information content (AvgIpc) is 3.19. The fraction of sp³-hybridized carbons (Fsp3) is 0.429. The number of piperidine rings is 1. The van der Waals surface area contributed by atoms with Gasteiger partial charge in [0.25, 0.3) is 5.88 Å². The summed E-state index contributed by atoms with van der Waals surface area (Å²) < 4.78 is 10.5. The summed E-state index contributed by atoms with van der Waals surface area (Å²) in [5.41, 5.74) is 2.05. The lowest BCUT2D eigenvalue weighted by atomic mass is 9.92. The summed E-state index contributed by atoms with van der Waals surface area (Å²) in [4.78, 5) is 23.5. The summed E-state index contributed by atoms with van der Waals surface area (Å²) in [6.45, 7) is 3.95. The Bertz CT molecular complexity index is 947. The molecule has 4 rings (SSSR count). The van der Waals surface area contributed by atoms with Crippen LogP contribution < -0.4 is 4.74 Å². The number of pyridine rings is 2. The van der Waals surface area contributed by atoms with Gasteiger partial charge in [-0.05, 0) is 43.1 Å². The second kappa shape index (κ2) is 8.37. The smallest absolute Gasteiger partial charge is 0.254 e. The second-order valence-corrected chi connectivity index (χ2v) is 7.02. The van der Waals surface area contributed by atoms with Crippen LogP contribution in [0.3, 0.4) is 0 Å². The van der Waals surface area contributed by atoms with Gasteiger partial charge in [-0.2, -0.15) is 0 Å². The molecule has 3 aromatic heterocycles. The number of carbonyl (C=O) groups is 1. The van der Waals surface area contributed by atoms with E-state index in [2.05, 4.69) is 21.2 Å². The van der Waals surface area contributed by atoms with Crippen molar-refractivity contribution in [2.75, 3.05) is 19.7 Å². The van der Waals surface area contributed by atoms with Gasteiger partial charge in [-0.25, -0.2) is 0 Å². The van der Waals surface area contributed by atoms with Crippen LogP contribution in [-0.4, -0.2) is 45.6 Å². The lowest BCUT2D eigenvalue weighted by Crippen LogP contribution is -2.38. The molecular weight excluding hydrogens is 356 g/mol. The van der Waals surface area contributed by atoms with Crippen LogP contribution in [0.1, 0.15) is 43.6 Å². The first-order chi connectivity index (χ1) is 13.7. The summed E-state index contributed by atoms with van der Waals surface area (Å²) in [7, 11) is 0. The van der Waals surface area contributed by atoms with Gasteiger partial charge in [0.15, 0.2) is 0 Å². The number of hydrogen-bond donors (Lipinski definition) is 0. The van der Waals surface area contributed by atoms with Crippen molar-refractivity contribution in [1.82, 2.24) is 20.0 Å². The van der Waals surface area contributed by atoms with E-state index in [1.807, 2.05) is 30.2 Å². The van der Waals surface area contributed by atoms with E-state index in [0.29, 0.717) is 37.0 Å². The van der Waals surface area contributed by atoms with E-state index in [-0.39, 0.29) is 5.91 Å². The van der Waals surface area contributed by atoms with Gasteiger partial charge in [0.05, 0.1) is 12.1 Å². The normalized spacial score (nSPS) is 15.1. The molecule has 1 amide bonds. The maximum Gasteiger partial charge on any atom is 0.254 e. The Hall–Kier alpha value is -2.96. The molecule has 7 nitrogen and oxygen atoms in total. The van der Waals surface area contributed by atoms with Gasteiger partial charge >= 0.3 is 0 Å². The van der Waals surface area contributed by atoms with Crippen LogP contribution in [-0.2, 0) is 11.2 Å². The first kappa shape index (κ1) is 18.4. The van der Waals surface area contributed by atoms with E-state index in [1.165, 1.54) is 0 Å². The highest BCUT2D eigenvalue weighted by atomic mass is 16.5. The lowest BCUT2D eigenvalue weighted by Gasteiger charge is -2.31. The molecule has 1 aliphatic heterocycles. The highest BCUT2D eigenvalue weighted by molar-refractivity contribution is 5.78. The fourth-order valence-corrected chi connectivity index (χ4v) is 3.65. The Morgan fingerprint density at radius 2 is 2.14 bits per heavy atom. The molecule has 0 saturated carbocycles. The van der Waals surface area contributed by atoms with Gasteiger partial charge < -0.3 is 14.2 Å². The minimum Gasteiger partial charge on any atom is -0.476 e. The molecule has 4 heterocycles. The molecule has 0 N–H and O–H groups in total. The Kier molecular flexibility index (Phi) is 5.50. The molecule has 0 aromatic carbocycles. The SMILES string of the molecule is CCOc1cc(CCC(=O)N2CCC(c3cc4ncccc4cn3)CC2)on1. The Balaban J connectivity index is 1.29. The highest BCUT2D eigenvalue weighted by Gasteiger charge is 2.25. The Labute approximate surface area is 163 Å². The molecular formula is C21H24N4O3. The molecule has 0 spiro atoms. The first-order valence-electron chi connectivity index (χ1n) is 9.80. The minimum atomic E-state index is 0.154. The average molecular weight is 380 g/mol. The molecule has 146 valence electrons. The molecule has 1 saturated heterocycles. The van der Waals surface area contributed by atoms with Gasteiger partial charge in [0.2, 0.25) is 5.91 Å². The van der Waals surface area contributed by atoms with Crippen LogP contribution in [0.4, 0.5) is 0 Å². The van der Waals surface area contributed by atoms with Crippen LogP contribution >= 0.6 is 0 Å².